The first kappa shape index (κ1) is 14.3. The van der Waals surface area contributed by atoms with Crippen molar-refractivity contribution in [2.24, 2.45) is 5.73 Å². The van der Waals surface area contributed by atoms with Gasteiger partial charge in [0.2, 0.25) is 0 Å². The summed E-state index contributed by atoms with van der Waals surface area (Å²) in [4.78, 5) is 33.2. The van der Waals surface area contributed by atoms with E-state index in [-0.39, 0.29) is 19.4 Å². The lowest BCUT2D eigenvalue weighted by molar-refractivity contribution is 0.306. The molecule has 6 N–H and O–H groups in total. The lowest BCUT2D eigenvalue weighted by Gasteiger charge is -2.30. The third kappa shape index (κ3) is 2.87. The quantitative estimate of drug-likeness (QED) is 0.423. The highest BCUT2D eigenvalue weighted by atomic mass is 31.2. The molecule has 0 fully saturated rings. The molecule has 0 aliphatic carbocycles. The largest absolute Gasteiger partial charge is 0.343 e. The Kier molecular flexibility index (Phi) is 4.49. The Bertz CT molecular complexity index is 258. The maximum Gasteiger partial charge on any atom is 0.343 e. The third-order valence-electron chi connectivity index (χ3n) is 2.11. The van der Waals surface area contributed by atoms with E-state index in [2.05, 4.69) is 0 Å². The molecule has 9 heteroatoms. The normalized spacial score (nSPS) is 14.4. The highest BCUT2D eigenvalue weighted by Crippen LogP contribution is 2.70. The van der Waals surface area contributed by atoms with Crippen LogP contribution < -0.4 is 5.73 Å². The number of rotatable bonds is 5. The summed E-state index contributed by atoms with van der Waals surface area (Å²) < 4.78 is 21.9. The van der Waals surface area contributed by atoms with Crippen LogP contribution in [0.2, 0.25) is 0 Å². The minimum absolute atomic E-state index is 0.121. The van der Waals surface area contributed by atoms with Crippen molar-refractivity contribution < 1.29 is 28.7 Å². The zero-order chi connectivity index (χ0) is 11.6. The first-order chi connectivity index (χ1) is 6.06. The summed E-state index contributed by atoms with van der Waals surface area (Å²) >= 11 is 0. The molecule has 0 spiro atoms. The Labute approximate surface area is 81.6 Å². The molecule has 0 aromatic carbocycles. The average molecular weight is 247 g/mol. The van der Waals surface area contributed by atoms with E-state index in [0.29, 0.717) is 0 Å². The molecule has 0 saturated carbocycles. The van der Waals surface area contributed by atoms with Gasteiger partial charge < -0.3 is 25.3 Å². The second-order valence-corrected chi connectivity index (χ2v) is 7.70. The molecular weight excluding hydrogens is 232 g/mol. The lowest BCUT2D eigenvalue weighted by Crippen LogP contribution is -2.25. The zero-order valence-corrected chi connectivity index (χ0v) is 9.49. The SMILES string of the molecule is CC(CCCN)(P(=O)(O)O)P(=O)(O)O. The van der Waals surface area contributed by atoms with Gasteiger partial charge in [-0.15, -0.1) is 0 Å². The van der Waals surface area contributed by atoms with Crippen LogP contribution in [-0.4, -0.2) is 31.0 Å². The molecule has 14 heavy (non-hydrogen) atoms. The Morgan fingerprint density at radius 1 is 1.14 bits per heavy atom. The van der Waals surface area contributed by atoms with Crippen LogP contribution in [0.1, 0.15) is 19.8 Å². The van der Waals surface area contributed by atoms with Gasteiger partial charge in [0, 0.05) is 0 Å². The Balaban J connectivity index is 5.08. The monoisotopic (exact) mass is 247 g/mol. The molecule has 0 amide bonds. The van der Waals surface area contributed by atoms with Gasteiger partial charge in [-0.2, -0.15) is 0 Å². The van der Waals surface area contributed by atoms with E-state index in [4.69, 9.17) is 25.3 Å². The van der Waals surface area contributed by atoms with Crippen molar-refractivity contribution in [3.63, 3.8) is 0 Å². The van der Waals surface area contributed by atoms with Crippen LogP contribution in [0.3, 0.4) is 0 Å². The van der Waals surface area contributed by atoms with E-state index >= 15 is 0 Å². The molecule has 0 rings (SSSR count). The van der Waals surface area contributed by atoms with Crippen molar-refractivity contribution >= 4 is 15.2 Å². The minimum Gasteiger partial charge on any atom is -0.330 e. The fraction of sp³-hybridized carbons (Fsp3) is 1.00. The fourth-order valence-corrected chi connectivity index (χ4v) is 3.15. The molecule has 0 aliphatic heterocycles. The molecule has 0 saturated heterocycles. The fourth-order valence-electron chi connectivity index (χ4n) is 0.898. The summed E-state index contributed by atoms with van der Waals surface area (Å²) in [5.41, 5.74) is 5.12. The minimum atomic E-state index is -4.86. The second kappa shape index (κ2) is 4.41. The summed E-state index contributed by atoms with van der Waals surface area (Å²) in [5, 5.41) is 0. The van der Waals surface area contributed by atoms with Gasteiger partial charge in [-0.1, -0.05) is 0 Å². The molecule has 0 atom stereocenters. The highest BCUT2D eigenvalue weighted by molar-refractivity contribution is 7.72. The number of hydrogen-bond donors (Lipinski definition) is 5. The Morgan fingerprint density at radius 3 is 1.71 bits per heavy atom. The topological polar surface area (TPSA) is 141 Å². The van der Waals surface area contributed by atoms with E-state index in [0.717, 1.165) is 6.92 Å². The predicted molar refractivity (Wildman–Crippen MR) is 50.8 cm³/mol. The molecule has 0 unspecified atom stereocenters. The van der Waals surface area contributed by atoms with Gasteiger partial charge in [-0.3, -0.25) is 9.13 Å². The van der Waals surface area contributed by atoms with Crippen LogP contribution in [0, 0.1) is 0 Å². The molecule has 0 heterocycles. The summed E-state index contributed by atoms with van der Waals surface area (Å²) in [5.74, 6) is 0. The van der Waals surface area contributed by atoms with Crippen LogP contribution in [0.15, 0.2) is 0 Å². The van der Waals surface area contributed by atoms with Gasteiger partial charge in [0.25, 0.3) is 0 Å². The summed E-state index contributed by atoms with van der Waals surface area (Å²) in [6, 6.07) is 0. The van der Waals surface area contributed by atoms with E-state index in [1.54, 1.807) is 0 Å². The lowest BCUT2D eigenvalue weighted by atomic mass is 10.2. The molecule has 0 aliphatic rings. The molecule has 0 radical (unpaired) electrons. The summed E-state index contributed by atoms with van der Waals surface area (Å²) in [7, 11) is -9.72. The van der Waals surface area contributed by atoms with Gasteiger partial charge in [0.05, 0.1) is 0 Å². The van der Waals surface area contributed by atoms with Crippen molar-refractivity contribution in [2.45, 2.75) is 24.7 Å². The summed E-state index contributed by atoms with van der Waals surface area (Å²) in [6.07, 6.45) is -0.162. The third-order valence-corrected chi connectivity index (χ3v) is 6.63. The van der Waals surface area contributed by atoms with Gasteiger partial charge in [-0.05, 0) is 26.3 Å². The van der Waals surface area contributed by atoms with Crippen LogP contribution in [0.25, 0.3) is 0 Å². The van der Waals surface area contributed by atoms with Gasteiger partial charge in [0.1, 0.15) is 0 Å². The maximum absolute atomic E-state index is 11.0. The smallest absolute Gasteiger partial charge is 0.330 e. The van der Waals surface area contributed by atoms with E-state index in [1.165, 1.54) is 0 Å². The number of hydrogen-bond acceptors (Lipinski definition) is 3. The van der Waals surface area contributed by atoms with Crippen LogP contribution in [-0.2, 0) is 9.13 Å². The van der Waals surface area contributed by atoms with Crippen molar-refractivity contribution in [2.75, 3.05) is 6.54 Å². The molecule has 0 aromatic rings. The molecule has 86 valence electrons. The Morgan fingerprint density at radius 2 is 1.50 bits per heavy atom. The first-order valence-electron chi connectivity index (χ1n) is 3.87. The van der Waals surface area contributed by atoms with Crippen molar-refractivity contribution in [1.29, 1.82) is 0 Å². The summed E-state index contributed by atoms with van der Waals surface area (Å²) in [6.45, 7) is 1.000. The number of nitrogens with two attached hydrogens (primary N) is 1. The van der Waals surface area contributed by atoms with E-state index in [1.807, 2.05) is 0 Å². The standard InChI is InChI=1S/C5H15NO6P2/c1-5(3-2-4-6,13(7,8)9)14(10,11)12/h2-4,6H2,1H3,(H2,7,8,9)(H2,10,11,12). The van der Waals surface area contributed by atoms with Gasteiger partial charge in [-0.25, -0.2) is 0 Å². The highest BCUT2D eigenvalue weighted by Gasteiger charge is 2.55. The molecule has 0 bridgehead atoms. The van der Waals surface area contributed by atoms with E-state index < -0.39 is 20.1 Å². The van der Waals surface area contributed by atoms with Crippen molar-refractivity contribution in [3.8, 4) is 0 Å². The maximum atomic E-state index is 11.0. The predicted octanol–water partition coefficient (Wildman–Crippen LogP) is -0.203. The van der Waals surface area contributed by atoms with Crippen LogP contribution >= 0.6 is 15.2 Å². The molecular formula is C5H15NO6P2. The van der Waals surface area contributed by atoms with Crippen LogP contribution in [0.5, 0.6) is 0 Å². The molecule has 0 aromatic heterocycles. The van der Waals surface area contributed by atoms with Gasteiger partial charge in [0.15, 0.2) is 4.90 Å². The Hall–Kier alpha value is 0.260. The molecule has 7 nitrogen and oxygen atoms in total. The van der Waals surface area contributed by atoms with E-state index in [9.17, 15) is 9.13 Å². The average Bonchev–Trinajstić information content (AvgIpc) is 1.95. The van der Waals surface area contributed by atoms with Gasteiger partial charge >= 0.3 is 15.2 Å². The van der Waals surface area contributed by atoms with Crippen molar-refractivity contribution in [3.05, 3.63) is 0 Å². The zero-order valence-electron chi connectivity index (χ0n) is 7.70. The van der Waals surface area contributed by atoms with Crippen molar-refractivity contribution in [1.82, 2.24) is 0 Å². The first-order valence-corrected chi connectivity index (χ1v) is 7.10. The second-order valence-electron chi connectivity index (χ2n) is 3.20. The van der Waals surface area contributed by atoms with Crippen LogP contribution in [0.4, 0.5) is 0 Å².